The summed E-state index contributed by atoms with van der Waals surface area (Å²) in [7, 11) is 1.56. The van der Waals surface area contributed by atoms with Crippen molar-refractivity contribution in [1.29, 1.82) is 0 Å². The van der Waals surface area contributed by atoms with Gasteiger partial charge in [-0.25, -0.2) is 0 Å². The first kappa shape index (κ1) is 27.8. The standard InChI is InChI=1S/C30H38ClNO4/c1-3-4-5-6-7-8-9-10-11-14-21-32-27(24-15-12-13-16-25(24)31)26(29(34)30(32)35)28(33)22-17-19-23(36-2)20-18-22/h12-13,15-20,27,33H,3-11,14,21H2,1-2H3/t27-/m0/s1. The average molecular weight is 512 g/mol. The number of aliphatic hydroxyl groups excluding tert-OH is 1. The summed E-state index contributed by atoms with van der Waals surface area (Å²) in [6.07, 6.45) is 11.8. The van der Waals surface area contributed by atoms with Gasteiger partial charge in [0.05, 0.1) is 18.7 Å². The van der Waals surface area contributed by atoms with Gasteiger partial charge >= 0.3 is 0 Å². The summed E-state index contributed by atoms with van der Waals surface area (Å²) in [4.78, 5) is 27.8. The lowest BCUT2D eigenvalue weighted by atomic mass is 9.95. The summed E-state index contributed by atoms with van der Waals surface area (Å²) in [6.45, 7) is 2.67. The Bertz CT molecular complexity index is 1050. The number of ketones is 1. The van der Waals surface area contributed by atoms with Crippen molar-refractivity contribution < 1.29 is 19.4 Å². The zero-order valence-corrected chi connectivity index (χ0v) is 22.2. The molecule has 1 amide bonds. The molecule has 2 aromatic carbocycles. The SMILES string of the molecule is CCCCCCCCCCCCN1C(=O)C(=O)C(=C(O)c2ccc(OC)cc2)[C@@H]1c1ccccc1Cl. The predicted molar refractivity (Wildman–Crippen MR) is 145 cm³/mol. The van der Waals surface area contributed by atoms with E-state index in [1.54, 1.807) is 42.3 Å². The fourth-order valence-electron chi connectivity index (χ4n) is 4.80. The molecule has 1 saturated heterocycles. The van der Waals surface area contributed by atoms with Crippen LogP contribution in [0.25, 0.3) is 5.76 Å². The fraction of sp³-hybridized carbons (Fsp3) is 0.467. The third kappa shape index (κ3) is 6.91. The number of hydrogen-bond donors (Lipinski definition) is 1. The van der Waals surface area contributed by atoms with E-state index in [0.717, 1.165) is 19.3 Å². The molecular weight excluding hydrogens is 474 g/mol. The van der Waals surface area contributed by atoms with Gasteiger partial charge in [0.15, 0.2) is 0 Å². The predicted octanol–water partition coefficient (Wildman–Crippen LogP) is 7.69. The molecule has 0 aromatic heterocycles. The Kier molecular flexibility index (Phi) is 10.9. The second kappa shape index (κ2) is 14.1. The maximum atomic E-state index is 13.2. The number of carbonyl (C=O) groups excluding carboxylic acids is 2. The third-order valence-corrected chi connectivity index (χ3v) is 7.20. The Morgan fingerprint density at radius 3 is 2.06 bits per heavy atom. The molecule has 0 aliphatic carbocycles. The molecule has 0 radical (unpaired) electrons. The minimum absolute atomic E-state index is 0.0744. The van der Waals surface area contributed by atoms with Crippen molar-refractivity contribution in [3.8, 4) is 5.75 Å². The maximum absolute atomic E-state index is 13.2. The number of halogens is 1. The lowest BCUT2D eigenvalue weighted by molar-refractivity contribution is -0.139. The molecule has 0 spiro atoms. The highest BCUT2D eigenvalue weighted by molar-refractivity contribution is 6.47. The van der Waals surface area contributed by atoms with Gasteiger partial charge in [-0.2, -0.15) is 0 Å². The average Bonchev–Trinajstić information content (AvgIpc) is 3.14. The molecule has 0 unspecified atom stereocenters. The Hall–Kier alpha value is -2.79. The van der Waals surface area contributed by atoms with E-state index < -0.39 is 17.7 Å². The van der Waals surface area contributed by atoms with Crippen LogP contribution in [0, 0.1) is 0 Å². The van der Waals surface area contributed by atoms with Crippen molar-refractivity contribution >= 4 is 29.1 Å². The van der Waals surface area contributed by atoms with Gasteiger partial charge in [-0.05, 0) is 42.3 Å². The summed E-state index contributed by atoms with van der Waals surface area (Å²) < 4.78 is 5.19. The summed E-state index contributed by atoms with van der Waals surface area (Å²) in [6, 6.07) is 13.2. The van der Waals surface area contributed by atoms with Crippen LogP contribution in [-0.4, -0.2) is 35.4 Å². The molecule has 1 aliphatic heterocycles. The lowest BCUT2D eigenvalue weighted by Crippen LogP contribution is -2.30. The van der Waals surface area contributed by atoms with Crippen LogP contribution in [0.4, 0.5) is 0 Å². The van der Waals surface area contributed by atoms with Crippen LogP contribution >= 0.6 is 11.6 Å². The van der Waals surface area contributed by atoms with Gasteiger partial charge in [-0.15, -0.1) is 0 Å². The van der Waals surface area contributed by atoms with Crippen LogP contribution in [0.5, 0.6) is 5.75 Å². The summed E-state index contributed by atoms with van der Waals surface area (Å²) in [5.41, 5.74) is 1.16. The van der Waals surface area contributed by atoms with Gasteiger partial charge in [0.1, 0.15) is 11.5 Å². The Labute approximate surface area is 220 Å². The largest absolute Gasteiger partial charge is 0.507 e. The molecule has 6 heteroatoms. The van der Waals surface area contributed by atoms with Crippen molar-refractivity contribution in [2.45, 2.75) is 77.2 Å². The fourth-order valence-corrected chi connectivity index (χ4v) is 5.04. The molecule has 1 heterocycles. The van der Waals surface area contributed by atoms with Crippen LogP contribution in [0.3, 0.4) is 0 Å². The molecule has 3 rings (SSSR count). The second-order valence-corrected chi connectivity index (χ2v) is 9.83. The van der Waals surface area contributed by atoms with Crippen molar-refractivity contribution in [3.05, 3.63) is 70.3 Å². The van der Waals surface area contributed by atoms with Gasteiger partial charge in [0, 0.05) is 17.1 Å². The number of benzene rings is 2. The van der Waals surface area contributed by atoms with E-state index in [-0.39, 0.29) is 11.3 Å². The molecular formula is C30H38ClNO4. The first-order valence-electron chi connectivity index (χ1n) is 13.2. The molecule has 2 aromatic rings. The number of methoxy groups -OCH3 is 1. The Morgan fingerprint density at radius 2 is 1.47 bits per heavy atom. The van der Waals surface area contributed by atoms with Gasteiger partial charge in [0.2, 0.25) is 0 Å². The van der Waals surface area contributed by atoms with Gasteiger partial charge in [0.25, 0.3) is 11.7 Å². The highest BCUT2D eigenvalue weighted by atomic mass is 35.5. The van der Waals surface area contributed by atoms with Crippen LogP contribution < -0.4 is 4.74 Å². The van der Waals surface area contributed by atoms with Gasteiger partial charge < -0.3 is 14.7 Å². The number of hydrogen-bond acceptors (Lipinski definition) is 4. The minimum Gasteiger partial charge on any atom is -0.507 e. The Balaban J connectivity index is 1.74. The lowest BCUT2D eigenvalue weighted by Gasteiger charge is -2.26. The number of aliphatic hydroxyl groups is 1. The number of nitrogens with zero attached hydrogens (tertiary/aromatic N) is 1. The molecule has 1 N–H and O–H groups in total. The molecule has 5 nitrogen and oxygen atoms in total. The zero-order valence-electron chi connectivity index (χ0n) is 21.5. The normalized spacial score (nSPS) is 17.1. The molecule has 0 saturated carbocycles. The van der Waals surface area contributed by atoms with Crippen LogP contribution in [0.15, 0.2) is 54.1 Å². The summed E-state index contributed by atoms with van der Waals surface area (Å²) >= 11 is 6.51. The number of unbranched alkanes of at least 4 members (excludes halogenated alkanes) is 9. The van der Waals surface area contributed by atoms with Crippen molar-refractivity contribution in [3.63, 3.8) is 0 Å². The molecule has 194 valence electrons. The Morgan fingerprint density at radius 1 is 0.889 bits per heavy atom. The van der Waals surface area contributed by atoms with E-state index in [2.05, 4.69) is 6.92 Å². The minimum atomic E-state index is -0.723. The third-order valence-electron chi connectivity index (χ3n) is 6.86. The van der Waals surface area contributed by atoms with E-state index in [9.17, 15) is 14.7 Å². The number of amides is 1. The quantitative estimate of drug-likeness (QED) is 0.122. The van der Waals surface area contributed by atoms with Crippen molar-refractivity contribution in [1.82, 2.24) is 4.90 Å². The van der Waals surface area contributed by atoms with Crippen LogP contribution in [0.2, 0.25) is 5.02 Å². The van der Waals surface area contributed by atoms with Crippen molar-refractivity contribution in [2.75, 3.05) is 13.7 Å². The first-order valence-corrected chi connectivity index (χ1v) is 13.5. The number of rotatable bonds is 14. The molecule has 1 fully saturated rings. The first-order chi connectivity index (χ1) is 17.5. The van der Waals surface area contributed by atoms with Crippen molar-refractivity contribution in [2.24, 2.45) is 0 Å². The highest BCUT2D eigenvalue weighted by Gasteiger charge is 2.46. The number of Topliss-reactive ketones (excluding diaryl/α,β-unsaturated/α-hetero) is 1. The van der Waals surface area contributed by atoms with E-state index in [1.807, 2.05) is 18.2 Å². The van der Waals surface area contributed by atoms with Crippen LogP contribution in [0.1, 0.15) is 88.3 Å². The smallest absolute Gasteiger partial charge is 0.295 e. The van der Waals surface area contributed by atoms with E-state index in [4.69, 9.17) is 16.3 Å². The number of carbonyl (C=O) groups is 2. The van der Waals surface area contributed by atoms with Gasteiger partial charge in [-0.1, -0.05) is 94.5 Å². The van der Waals surface area contributed by atoms with E-state index >= 15 is 0 Å². The topological polar surface area (TPSA) is 66.8 Å². The second-order valence-electron chi connectivity index (χ2n) is 9.42. The maximum Gasteiger partial charge on any atom is 0.295 e. The molecule has 1 atom stereocenters. The van der Waals surface area contributed by atoms with Gasteiger partial charge in [-0.3, -0.25) is 9.59 Å². The van der Waals surface area contributed by atoms with E-state index in [1.165, 1.54) is 44.9 Å². The highest BCUT2D eigenvalue weighted by Crippen LogP contribution is 2.42. The molecule has 1 aliphatic rings. The van der Waals surface area contributed by atoms with Crippen LogP contribution in [-0.2, 0) is 9.59 Å². The summed E-state index contributed by atoms with van der Waals surface area (Å²) in [5.74, 6) is -0.840. The van der Waals surface area contributed by atoms with E-state index in [0.29, 0.717) is 28.4 Å². The molecule has 0 bridgehead atoms. The number of ether oxygens (including phenoxy) is 1. The summed E-state index contributed by atoms with van der Waals surface area (Å²) in [5, 5.41) is 11.6. The monoisotopic (exact) mass is 511 g/mol. The number of likely N-dealkylation sites (tertiary alicyclic amines) is 1. The molecule has 36 heavy (non-hydrogen) atoms. The zero-order chi connectivity index (χ0) is 25.9.